The van der Waals surface area contributed by atoms with Gasteiger partial charge in [-0.2, -0.15) is 0 Å². The molecule has 0 saturated carbocycles. The second kappa shape index (κ2) is 5.89. The molecule has 23 heavy (non-hydrogen) atoms. The van der Waals surface area contributed by atoms with Crippen LogP contribution >= 0.6 is 0 Å². The quantitative estimate of drug-likeness (QED) is 0.945. The molecular formula is C18H25N3O2. The summed E-state index contributed by atoms with van der Waals surface area (Å²) < 4.78 is 5.33. The van der Waals surface area contributed by atoms with Crippen molar-refractivity contribution in [2.45, 2.75) is 19.3 Å². The van der Waals surface area contributed by atoms with Crippen molar-refractivity contribution in [3.63, 3.8) is 0 Å². The van der Waals surface area contributed by atoms with Crippen LogP contribution in [0.2, 0.25) is 0 Å². The first-order valence-corrected chi connectivity index (χ1v) is 8.07. The Kier molecular flexibility index (Phi) is 4.06. The van der Waals surface area contributed by atoms with Crippen LogP contribution in [0.1, 0.15) is 19.4 Å². The molecule has 1 N–H and O–H groups in total. The number of carbonyl (C=O) groups excluding carboxylic acids is 1. The van der Waals surface area contributed by atoms with E-state index in [-0.39, 0.29) is 5.91 Å². The van der Waals surface area contributed by atoms with Gasteiger partial charge in [-0.25, -0.2) is 0 Å². The smallest absolute Gasteiger partial charge is 0.232 e. The van der Waals surface area contributed by atoms with Crippen LogP contribution in [0, 0.1) is 0 Å². The van der Waals surface area contributed by atoms with Gasteiger partial charge in [-0.15, -0.1) is 0 Å². The van der Waals surface area contributed by atoms with Gasteiger partial charge < -0.3 is 19.5 Å². The molecule has 2 heterocycles. The summed E-state index contributed by atoms with van der Waals surface area (Å²) in [5.74, 6) is 0.996. The van der Waals surface area contributed by atoms with Crippen LogP contribution in [0.4, 0.5) is 0 Å². The van der Waals surface area contributed by atoms with Crippen LogP contribution in [0.15, 0.2) is 24.4 Å². The number of aromatic amines is 1. The molecule has 1 aliphatic rings. The maximum absolute atomic E-state index is 13.1. The van der Waals surface area contributed by atoms with Gasteiger partial charge in [0.25, 0.3) is 0 Å². The molecule has 5 heteroatoms. The summed E-state index contributed by atoms with van der Waals surface area (Å²) in [5, 5.41) is 1.05. The van der Waals surface area contributed by atoms with E-state index in [4.69, 9.17) is 4.74 Å². The van der Waals surface area contributed by atoms with Crippen LogP contribution in [-0.2, 0) is 10.2 Å². The van der Waals surface area contributed by atoms with Crippen molar-refractivity contribution in [3.8, 4) is 5.75 Å². The maximum Gasteiger partial charge on any atom is 0.232 e. The largest absolute Gasteiger partial charge is 0.497 e. The first kappa shape index (κ1) is 15.9. The number of methoxy groups -OCH3 is 1. The number of H-pyrrole nitrogens is 1. The summed E-state index contributed by atoms with van der Waals surface area (Å²) in [6.07, 6.45) is 1.96. The third-order valence-corrected chi connectivity index (χ3v) is 4.89. The number of likely N-dealkylation sites (N-methyl/N-ethyl adjacent to an activating group) is 1. The standard InChI is InChI=1S/C18H25N3O2/c1-18(2,17(22)21-9-7-20(3)8-10-21)15-12-19-16-6-5-13(23-4)11-14(15)16/h5-6,11-12,19H,7-10H2,1-4H3. The Morgan fingerprint density at radius 1 is 1.22 bits per heavy atom. The van der Waals surface area contributed by atoms with Gasteiger partial charge in [-0.3, -0.25) is 4.79 Å². The molecule has 0 aliphatic carbocycles. The normalized spacial score (nSPS) is 16.8. The predicted molar refractivity (Wildman–Crippen MR) is 92.0 cm³/mol. The molecule has 1 amide bonds. The lowest BCUT2D eigenvalue weighted by molar-refractivity contribution is -0.137. The average Bonchev–Trinajstić information content (AvgIpc) is 2.98. The van der Waals surface area contributed by atoms with Crippen LogP contribution in [0.3, 0.4) is 0 Å². The monoisotopic (exact) mass is 315 g/mol. The number of nitrogens with zero attached hydrogens (tertiary/aromatic N) is 2. The molecule has 2 aromatic rings. The van der Waals surface area contributed by atoms with Gasteiger partial charge in [0.05, 0.1) is 12.5 Å². The highest BCUT2D eigenvalue weighted by atomic mass is 16.5. The van der Waals surface area contributed by atoms with Crippen LogP contribution in [0.5, 0.6) is 5.75 Å². The predicted octanol–water partition coefficient (Wildman–Crippen LogP) is 2.23. The summed E-state index contributed by atoms with van der Waals surface area (Å²) >= 11 is 0. The number of carbonyl (C=O) groups is 1. The molecule has 1 aliphatic heterocycles. The number of benzene rings is 1. The van der Waals surface area contributed by atoms with Gasteiger partial charge in [0, 0.05) is 43.3 Å². The molecular weight excluding hydrogens is 290 g/mol. The maximum atomic E-state index is 13.1. The number of ether oxygens (including phenoxy) is 1. The zero-order chi connectivity index (χ0) is 16.6. The van der Waals surface area contributed by atoms with Gasteiger partial charge in [0.15, 0.2) is 0 Å². The lowest BCUT2D eigenvalue weighted by atomic mass is 9.82. The second-order valence-electron chi connectivity index (χ2n) is 6.83. The fraction of sp³-hybridized carbons (Fsp3) is 0.500. The summed E-state index contributed by atoms with van der Waals surface area (Å²) in [5.41, 5.74) is 1.48. The van der Waals surface area contributed by atoms with Crippen LogP contribution in [0.25, 0.3) is 10.9 Å². The molecule has 0 spiro atoms. The number of hydrogen-bond donors (Lipinski definition) is 1. The molecule has 0 atom stereocenters. The van der Waals surface area contributed by atoms with Gasteiger partial charge in [-0.1, -0.05) is 0 Å². The van der Waals surface area contributed by atoms with Crippen molar-refractivity contribution in [1.29, 1.82) is 0 Å². The minimum absolute atomic E-state index is 0.189. The van der Waals surface area contributed by atoms with Crippen molar-refractivity contribution in [2.24, 2.45) is 0 Å². The molecule has 1 aromatic carbocycles. The zero-order valence-electron chi connectivity index (χ0n) is 14.3. The van der Waals surface area contributed by atoms with Gasteiger partial charge in [-0.05, 0) is 44.7 Å². The highest BCUT2D eigenvalue weighted by Crippen LogP contribution is 2.34. The molecule has 124 valence electrons. The molecule has 1 fully saturated rings. The fourth-order valence-electron chi connectivity index (χ4n) is 3.26. The minimum atomic E-state index is -0.569. The Labute approximate surface area is 137 Å². The van der Waals surface area contributed by atoms with E-state index < -0.39 is 5.41 Å². The number of fused-ring (bicyclic) bond motifs is 1. The number of aromatic nitrogens is 1. The van der Waals surface area contributed by atoms with Crippen molar-refractivity contribution in [2.75, 3.05) is 40.3 Å². The third-order valence-electron chi connectivity index (χ3n) is 4.89. The summed E-state index contributed by atoms with van der Waals surface area (Å²) in [6.45, 7) is 7.48. The van der Waals surface area contributed by atoms with E-state index in [1.54, 1.807) is 7.11 Å². The van der Waals surface area contributed by atoms with E-state index in [0.29, 0.717) is 0 Å². The lowest BCUT2D eigenvalue weighted by Crippen LogP contribution is -2.52. The van der Waals surface area contributed by atoms with Crippen molar-refractivity contribution in [1.82, 2.24) is 14.8 Å². The molecule has 0 bridgehead atoms. The van der Waals surface area contributed by atoms with E-state index in [1.165, 1.54) is 0 Å². The van der Waals surface area contributed by atoms with Crippen LogP contribution in [-0.4, -0.2) is 61.0 Å². The van der Waals surface area contributed by atoms with Crippen molar-refractivity contribution in [3.05, 3.63) is 30.0 Å². The van der Waals surface area contributed by atoms with Gasteiger partial charge in [0.2, 0.25) is 5.91 Å². The molecule has 1 saturated heterocycles. The Morgan fingerprint density at radius 2 is 1.91 bits per heavy atom. The minimum Gasteiger partial charge on any atom is -0.497 e. The zero-order valence-corrected chi connectivity index (χ0v) is 14.3. The highest BCUT2D eigenvalue weighted by Gasteiger charge is 2.36. The highest BCUT2D eigenvalue weighted by molar-refractivity contribution is 5.95. The number of piperazine rings is 1. The van der Waals surface area contributed by atoms with E-state index in [0.717, 1.165) is 48.4 Å². The van der Waals surface area contributed by atoms with Crippen molar-refractivity contribution < 1.29 is 9.53 Å². The first-order chi connectivity index (χ1) is 10.9. The van der Waals surface area contributed by atoms with Gasteiger partial charge >= 0.3 is 0 Å². The average molecular weight is 315 g/mol. The number of nitrogens with one attached hydrogen (secondary N) is 1. The Hall–Kier alpha value is -2.01. The van der Waals surface area contributed by atoms with E-state index in [2.05, 4.69) is 16.9 Å². The molecule has 1 aromatic heterocycles. The van der Waals surface area contributed by atoms with Crippen molar-refractivity contribution >= 4 is 16.8 Å². The Bertz CT molecular complexity index is 712. The molecule has 0 radical (unpaired) electrons. The lowest BCUT2D eigenvalue weighted by Gasteiger charge is -2.37. The van der Waals surface area contributed by atoms with E-state index in [9.17, 15) is 4.79 Å². The topological polar surface area (TPSA) is 48.6 Å². The summed E-state index contributed by atoms with van der Waals surface area (Å²) in [6, 6.07) is 5.92. The number of amides is 1. The Balaban J connectivity index is 1.94. The SMILES string of the molecule is COc1ccc2[nH]cc(C(C)(C)C(=O)N3CCN(C)CC3)c2c1. The Morgan fingerprint density at radius 3 is 2.57 bits per heavy atom. The van der Waals surface area contributed by atoms with E-state index in [1.807, 2.05) is 43.1 Å². The second-order valence-corrected chi connectivity index (χ2v) is 6.83. The third kappa shape index (κ3) is 2.81. The van der Waals surface area contributed by atoms with E-state index >= 15 is 0 Å². The first-order valence-electron chi connectivity index (χ1n) is 8.07. The number of rotatable bonds is 3. The fourth-order valence-corrected chi connectivity index (χ4v) is 3.26. The van der Waals surface area contributed by atoms with Gasteiger partial charge in [0.1, 0.15) is 5.75 Å². The van der Waals surface area contributed by atoms with Crippen LogP contribution < -0.4 is 4.74 Å². The summed E-state index contributed by atoms with van der Waals surface area (Å²) in [4.78, 5) is 20.6. The summed E-state index contributed by atoms with van der Waals surface area (Å²) in [7, 11) is 3.76. The molecule has 0 unspecified atom stereocenters. The number of hydrogen-bond acceptors (Lipinski definition) is 3. The molecule has 5 nitrogen and oxygen atoms in total. The molecule has 3 rings (SSSR count).